The number of carbonyl (C=O) groups is 1. The van der Waals surface area contributed by atoms with E-state index in [4.69, 9.17) is 10.8 Å². The van der Waals surface area contributed by atoms with E-state index in [2.05, 4.69) is 5.32 Å². The van der Waals surface area contributed by atoms with Crippen LogP contribution in [0.2, 0.25) is 0 Å². The predicted octanol–water partition coefficient (Wildman–Crippen LogP) is 2.05. The molecule has 18 heavy (non-hydrogen) atoms. The van der Waals surface area contributed by atoms with Crippen LogP contribution in [0.15, 0.2) is 42.5 Å². The smallest absolute Gasteiger partial charge is 0.304 e. The lowest BCUT2D eigenvalue weighted by Crippen LogP contribution is -2.31. The molecular formula is C14H16N2O2. The Morgan fingerprint density at radius 1 is 1.22 bits per heavy atom. The fourth-order valence-corrected chi connectivity index (χ4v) is 1.92. The van der Waals surface area contributed by atoms with E-state index in [9.17, 15) is 4.79 Å². The third-order valence-electron chi connectivity index (χ3n) is 2.78. The van der Waals surface area contributed by atoms with Gasteiger partial charge in [0.05, 0.1) is 6.42 Å². The van der Waals surface area contributed by atoms with Gasteiger partial charge in [-0.05, 0) is 11.5 Å². The Kier molecular flexibility index (Phi) is 3.79. The molecule has 0 aliphatic heterocycles. The van der Waals surface area contributed by atoms with Gasteiger partial charge < -0.3 is 16.2 Å². The van der Waals surface area contributed by atoms with Gasteiger partial charge in [0.1, 0.15) is 0 Å². The van der Waals surface area contributed by atoms with Crippen molar-refractivity contribution in [3.05, 3.63) is 42.5 Å². The number of aliphatic carboxylic acids is 1. The summed E-state index contributed by atoms with van der Waals surface area (Å²) < 4.78 is 0. The van der Waals surface area contributed by atoms with Gasteiger partial charge in [-0.15, -0.1) is 0 Å². The molecule has 0 aromatic heterocycles. The number of hydrogen-bond acceptors (Lipinski definition) is 3. The molecule has 0 aliphatic rings. The lowest BCUT2D eigenvalue weighted by atomic mass is 10.1. The van der Waals surface area contributed by atoms with Crippen LogP contribution < -0.4 is 11.1 Å². The fraction of sp³-hybridized carbons (Fsp3) is 0.214. The summed E-state index contributed by atoms with van der Waals surface area (Å²) >= 11 is 0. The van der Waals surface area contributed by atoms with Crippen LogP contribution in [0.3, 0.4) is 0 Å². The van der Waals surface area contributed by atoms with E-state index in [1.165, 1.54) is 0 Å². The molecular weight excluding hydrogens is 228 g/mol. The Hall–Kier alpha value is -2.07. The van der Waals surface area contributed by atoms with Crippen molar-refractivity contribution >= 4 is 22.4 Å². The van der Waals surface area contributed by atoms with Crippen LogP contribution in [0.1, 0.15) is 6.42 Å². The molecule has 0 amide bonds. The van der Waals surface area contributed by atoms with Gasteiger partial charge in [-0.25, -0.2) is 0 Å². The highest BCUT2D eigenvalue weighted by Gasteiger charge is 2.08. The molecule has 0 heterocycles. The second-order valence-electron chi connectivity index (χ2n) is 4.27. The zero-order valence-electron chi connectivity index (χ0n) is 9.97. The average molecular weight is 244 g/mol. The van der Waals surface area contributed by atoms with Crippen molar-refractivity contribution in [1.82, 2.24) is 0 Å². The molecule has 0 bridgehead atoms. The van der Waals surface area contributed by atoms with Crippen molar-refractivity contribution in [3.8, 4) is 0 Å². The Balaban J connectivity index is 2.10. The van der Waals surface area contributed by atoms with Gasteiger partial charge in [0.15, 0.2) is 0 Å². The number of nitrogens with one attached hydrogen (secondary N) is 1. The summed E-state index contributed by atoms with van der Waals surface area (Å²) in [5.41, 5.74) is 6.70. The molecule has 0 spiro atoms. The molecule has 2 aromatic carbocycles. The first-order valence-corrected chi connectivity index (χ1v) is 5.86. The van der Waals surface area contributed by atoms with Gasteiger partial charge in [0.2, 0.25) is 0 Å². The molecule has 4 nitrogen and oxygen atoms in total. The van der Waals surface area contributed by atoms with Crippen LogP contribution in [0.4, 0.5) is 5.69 Å². The lowest BCUT2D eigenvalue weighted by Gasteiger charge is -2.13. The predicted molar refractivity (Wildman–Crippen MR) is 72.7 cm³/mol. The molecule has 0 radical (unpaired) electrons. The van der Waals surface area contributed by atoms with Gasteiger partial charge in [0.25, 0.3) is 0 Å². The number of carboxylic acids is 1. The number of fused-ring (bicyclic) bond motifs is 1. The van der Waals surface area contributed by atoms with Gasteiger partial charge in [0, 0.05) is 23.7 Å². The minimum atomic E-state index is -0.873. The maximum atomic E-state index is 10.5. The van der Waals surface area contributed by atoms with Gasteiger partial charge in [-0.1, -0.05) is 36.4 Å². The SMILES string of the molecule is NC(CNc1cccc2ccccc12)CC(=O)O. The van der Waals surface area contributed by atoms with Crippen molar-refractivity contribution in [2.45, 2.75) is 12.5 Å². The molecule has 94 valence electrons. The topological polar surface area (TPSA) is 75.3 Å². The van der Waals surface area contributed by atoms with E-state index < -0.39 is 5.97 Å². The summed E-state index contributed by atoms with van der Waals surface area (Å²) in [4.78, 5) is 10.5. The monoisotopic (exact) mass is 244 g/mol. The zero-order valence-corrected chi connectivity index (χ0v) is 9.97. The summed E-state index contributed by atoms with van der Waals surface area (Å²) in [6.07, 6.45) is -0.0300. The number of anilines is 1. The van der Waals surface area contributed by atoms with Crippen molar-refractivity contribution in [2.24, 2.45) is 5.73 Å². The van der Waals surface area contributed by atoms with Crippen molar-refractivity contribution in [1.29, 1.82) is 0 Å². The summed E-state index contributed by atoms with van der Waals surface area (Å²) in [7, 11) is 0. The highest BCUT2D eigenvalue weighted by Crippen LogP contribution is 2.22. The third-order valence-corrected chi connectivity index (χ3v) is 2.78. The number of hydrogen-bond donors (Lipinski definition) is 3. The average Bonchev–Trinajstić information content (AvgIpc) is 2.35. The molecule has 2 rings (SSSR count). The van der Waals surface area contributed by atoms with Crippen LogP contribution >= 0.6 is 0 Å². The Bertz CT molecular complexity index is 549. The quantitative estimate of drug-likeness (QED) is 0.752. The second kappa shape index (κ2) is 5.51. The van der Waals surface area contributed by atoms with E-state index >= 15 is 0 Å². The van der Waals surface area contributed by atoms with Crippen LogP contribution in [-0.4, -0.2) is 23.7 Å². The van der Waals surface area contributed by atoms with Crippen molar-refractivity contribution < 1.29 is 9.90 Å². The first-order valence-electron chi connectivity index (χ1n) is 5.86. The largest absolute Gasteiger partial charge is 0.481 e. The number of rotatable bonds is 5. The second-order valence-corrected chi connectivity index (χ2v) is 4.27. The lowest BCUT2D eigenvalue weighted by molar-refractivity contribution is -0.137. The Morgan fingerprint density at radius 2 is 1.94 bits per heavy atom. The highest BCUT2D eigenvalue weighted by molar-refractivity contribution is 5.93. The summed E-state index contributed by atoms with van der Waals surface area (Å²) in [6, 6.07) is 13.6. The molecule has 0 fully saturated rings. The molecule has 1 unspecified atom stereocenters. The Morgan fingerprint density at radius 3 is 2.72 bits per heavy atom. The van der Waals surface area contributed by atoms with E-state index in [0.29, 0.717) is 6.54 Å². The first-order chi connectivity index (χ1) is 8.66. The van der Waals surface area contributed by atoms with Crippen molar-refractivity contribution in [3.63, 3.8) is 0 Å². The van der Waals surface area contributed by atoms with E-state index in [0.717, 1.165) is 16.5 Å². The normalized spacial score (nSPS) is 12.3. The number of carboxylic acid groups (broad SMARTS) is 1. The molecule has 2 aromatic rings. The number of nitrogens with two attached hydrogens (primary N) is 1. The van der Waals surface area contributed by atoms with Gasteiger partial charge in [-0.2, -0.15) is 0 Å². The maximum Gasteiger partial charge on any atom is 0.304 e. The number of benzene rings is 2. The maximum absolute atomic E-state index is 10.5. The third kappa shape index (κ3) is 2.99. The molecule has 4 N–H and O–H groups in total. The van der Waals surface area contributed by atoms with Gasteiger partial charge in [-0.3, -0.25) is 4.79 Å². The summed E-state index contributed by atoms with van der Waals surface area (Å²) in [5.74, 6) is -0.873. The van der Waals surface area contributed by atoms with Crippen LogP contribution in [-0.2, 0) is 4.79 Å². The summed E-state index contributed by atoms with van der Waals surface area (Å²) in [6.45, 7) is 0.445. The molecule has 4 heteroatoms. The van der Waals surface area contributed by atoms with Crippen LogP contribution in [0.25, 0.3) is 10.8 Å². The van der Waals surface area contributed by atoms with E-state index in [1.54, 1.807) is 0 Å². The zero-order chi connectivity index (χ0) is 13.0. The highest BCUT2D eigenvalue weighted by atomic mass is 16.4. The van der Waals surface area contributed by atoms with E-state index in [1.807, 2.05) is 42.5 Å². The fourth-order valence-electron chi connectivity index (χ4n) is 1.92. The molecule has 1 atom stereocenters. The molecule has 0 aliphatic carbocycles. The first kappa shape index (κ1) is 12.4. The van der Waals surface area contributed by atoms with E-state index in [-0.39, 0.29) is 12.5 Å². The summed E-state index contributed by atoms with van der Waals surface area (Å²) in [5, 5.41) is 14.1. The Labute approximate surface area is 105 Å². The minimum absolute atomic E-state index is 0.0300. The van der Waals surface area contributed by atoms with Crippen LogP contribution in [0, 0.1) is 0 Å². The minimum Gasteiger partial charge on any atom is -0.481 e. The van der Waals surface area contributed by atoms with Crippen molar-refractivity contribution in [2.75, 3.05) is 11.9 Å². The van der Waals surface area contributed by atoms with Crippen LogP contribution in [0.5, 0.6) is 0 Å². The molecule has 0 saturated heterocycles. The van der Waals surface area contributed by atoms with Gasteiger partial charge >= 0.3 is 5.97 Å². The molecule has 0 saturated carbocycles. The standard InChI is InChI=1S/C14H16N2O2/c15-11(8-14(17)18)9-16-13-7-3-5-10-4-1-2-6-12(10)13/h1-7,11,16H,8-9,15H2,(H,17,18).